The Kier molecular flexibility index (Phi) is 8.38. The number of hydrogen-bond acceptors (Lipinski definition) is 5. The zero-order chi connectivity index (χ0) is 24.7. The van der Waals surface area contributed by atoms with E-state index in [1.807, 2.05) is 53.9 Å². The molecule has 8 heteroatoms. The van der Waals surface area contributed by atoms with Crippen LogP contribution in [0.15, 0.2) is 70.9 Å². The lowest BCUT2D eigenvalue weighted by Gasteiger charge is -2.08. The Labute approximate surface area is 211 Å². The average molecular weight is 510 g/mol. The van der Waals surface area contributed by atoms with Crippen LogP contribution in [0, 0.1) is 0 Å². The second-order valence-electron chi connectivity index (χ2n) is 8.37. The summed E-state index contributed by atoms with van der Waals surface area (Å²) in [6, 6.07) is 18.9. The molecule has 35 heavy (non-hydrogen) atoms. The number of ether oxygens (including phenoxy) is 1. The second kappa shape index (κ2) is 11.7. The number of unbranched alkanes of at least 4 members (excludes halogenated alkanes) is 2. The summed E-state index contributed by atoms with van der Waals surface area (Å²) in [7, 11) is -1.96. The first-order valence-corrected chi connectivity index (χ1v) is 14.2. The summed E-state index contributed by atoms with van der Waals surface area (Å²) in [6.45, 7) is 2.43. The Balaban J connectivity index is 1.47. The van der Waals surface area contributed by atoms with Gasteiger partial charge in [0.1, 0.15) is 11.6 Å². The maximum Gasteiger partial charge on any atom is 0.240 e. The summed E-state index contributed by atoms with van der Waals surface area (Å²) >= 11 is 1.61. The molecule has 0 bridgehead atoms. The molecule has 184 valence electrons. The van der Waals surface area contributed by atoms with Crippen molar-refractivity contribution in [3.8, 4) is 27.7 Å². The van der Waals surface area contributed by atoms with Gasteiger partial charge in [0.2, 0.25) is 10.0 Å². The van der Waals surface area contributed by atoms with E-state index in [0.29, 0.717) is 6.42 Å². The van der Waals surface area contributed by atoms with Crippen molar-refractivity contribution in [2.75, 3.05) is 13.7 Å². The molecule has 0 unspecified atom stereocenters. The molecule has 0 aliphatic carbocycles. The third-order valence-corrected chi connectivity index (χ3v) is 8.22. The maximum atomic E-state index is 12.9. The largest absolute Gasteiger partial charge is 0.497 e. The molecule has 0 aliphatic rings. The number of aromatic amines is 1. The number of rotatable bonds is 12. The van der Waals surface area contributed by atoms with Crippen molar-refractivity contribution >= 4 is 21.4 Å². The van der Waals surface area contributed by atoms with Crippen LogP contribution in [0.3, 0.4) is 0 Å². The zero-order valence-corrected chi connectivity index (χ0v) is 21.7. The first kappa shape index (κ1) is 25.2. The third kappa shape index (κ3) is 6.39. The Bertz CT molecular complexity index is 1310. The Hall–Kier alpha value is -2.94. The number of H-pyrrole nitrogens is 1. The molecule has 0 aliphatic heterocycles. The van der Waals surface area contributed by atoms with Crippen molar-refractivity contribution in [2.45, 2.75) is 43.9 Å². The molecule has 2 aromatic carbocycles. The minimum atomic E-state index is -3.59. The lowest BCUT2D eigenvalue weighted by Crippen LogP contribution is -2.26. The van der Waals surface area contributed by atoms with Crippen molar-refractivity contribution in [3.05, 3.63) is 77.3 Å². The van der Waals surface area contributed by atoms with Gasteiger partial charge in [0, 0.05) is 24.2 Å². The van der Waals surface area contributed by atoms with Gasteiger partial charge in [-0.3, -0.25) is 0 Å². The van der Waals surface area contributed by atoms with E-state index in [-0.39, 0.29) is 11.4 Å². The number of nitrogens with one attached hydrogen (secondary N) is 2. The smallest absolute Gasteiger partial charge is 0.240 e. The predicted octanol–water partition coefficient (Wildman–Crippen LogP) is 6.07. The molecule has 2 N–H and O–H groups in total. The van der Waals surface area contributed by atoms with Crippen LogP contribution >= 0.6 is 11.3 Å². The predicted molar refractivity (Wildman–Crippen MR) is 142 cm³/mol. The van der Waals surface area contributed by atoms with Crippen LogP contribution in [0.4, 0.5) is 0 Å². The van der Waals surface area contributed by atoms with Crippen LogP contribution in [-0.4, -0.2) is 32.0 Å². The normalized spacial score (nSPS) is 11.6. The van der Waals surface area contributed by atoms with Gasteiger partial charge in [0.05, 0.1) is 22.6 Å². The third-order valence-electron chi connectivity index (χ3n) is 5.87. The summed E-state index contributed by atoms with van der Waals surface area (Å²) in [5.41, 5.74) is 3.81. The van der Waals surface area contributed by atoms with Crippen LogP contribution in [0.1, 0.15) is 37.4 Å². The molecule has 0 amide bonds. The Morgan fingerprint density at radius 1 is 1.00 bits per heavy atom. The van der Waals surface area contributed by atoms with Crippen LogP contribution in [0.5, 0.6) is 5.75 Å². The first-order chi connectivity index (χ1) is 17.0. The molecular weight excluding hydrogens is 478 g/mol. The van der Waals surface area contributed by atoms with Gasteiger partial charge >= 0.3 is 0 Å². The zero-order valence-electron chi connectivity index (χ0n) is 20.1. The van der Waals surface area contributed by atoms with E-state index in [0.717, 1.165) is 46.2 Å². The monoisotopic (exact) mass is 509 g/mol. The highest BCUT2D eigenvalue weighted by Gasteiger charge is 2.17. The number of benzene rings is 2. The number of sulfonamides is 1. The van der Waals surface area contributed by atoms with E-state index in [2.05, 4.69) is 16.6 Å². The van der Waals surface area contributed by atoms with E-state index in [4.69, 9.17) is 9.72 Å². The number of imidazole rings is 1. The van der Waals surface area contributed by atoms with Gasteiger partial charge in [0.25, 0.3) is 0 Å². The van der Waals surface area contributed by atoms with Gasteiger partial charge in [0.15, 0.2) is 0 Å². The fraction of sp³-hybridized carbons (Fsp3) is 0.296. The van der Waals surface area contributed by atoms with Gasteiger partial charge in [-0.25, -0.2) is 18.1 Å². The highest BCUT2D eigenvalue weighted by atomic mass is 32.2. The van der Waals surface area contributed by atoms with Crippen molar-refractivity contribution in [1.82, 2.24) is 14.7 Å². The highest BCUT2D eigenvalue weighted by molar-refractivity contribution is 7.89. The number of aryl methyl sites for hydroxylation is 1. The van der Waals surface area contributed by atoms with Crippen molar-refractivity contribution in [3.63, 3.8) is 0 Å². The van der Waals surface area contributed by atoms with Crippen LogP contribution in [-0.2, 0) is 22.9 Å². The molecule has 2 heterocycles. The fourth-order valence-corrected chi connectivity index (χ4v) is 5.62. The minimum Gasteiger partial charge on any atom is -0.497 e. The summed E-state index contributed by atoms with van der Waals surface area (Å²) < 4.78 is 33.7. The molecule has 0 atom stereocenters. The quantitative estimate of drug-likeness (QED) is 0.227. The van der Waals surface area contributed by atoms with Crippen LogP contribution in [0.2, 0.25) is 0 Å². The summed E-state index contributed by atoms with van der Waals surface area (Å²) in [5, 5.41) is 2.01. The maximum absolute atomic E-state index is 12.9. The number of thiophene rings is 1. The lowest BCUT2D eigenvalue weighted by molar-refractivity contribution is 0.415. The molecule has 4 aromatic rings. The SMILES string of the molecule is CCCCCc1ccc(S(=O)(=O)NCCc2[nH]c(-c3cccs3)nc2-c2ccc(OC)cc2)cc1. The van der Waals surface area contributed by atoms with Crippen molar-refractivity contribution in [2.24, 2.45) is 0 Å². The molecule has 0 radical (unpaired) electrons. The van der Waals surface area contributed by atoms with Gasteiger partial charge in [-0.15, -0.1) is 11.3 Å². The van der Waals surface area contributed by atoms with Gasteiger partial charge in [-0.05, 0) is 66.2 Å². The summed E-state index contributed by atoms with van der Waals surface area (Å²) in [4.78, 5) is 9.55. The first-order valence-electron chi connectivity index (χ1n) is 11.9. The Morgan fingerprint density at radius 3 is 2.43 bits per heavy atom. The van der Waals surface area contributed by atoms with E-state index < -0.39 is 10.0 Å². The Morgan fingerprint density at radius 2 is 1.77 bits per heavy atom. The number of nitrogens with zero attached hydrogens (tertiary/aromatic N) is 1. The molecule has 0 spiro atoms. The number of hydrogen-bond donors (Lipinski definition) is 2. The van der Waals surface area contributed by atoms with E-state index in [9.17, 15) is 8.42 Å². The second-order valence-corrected chi connectivity index (χ2v) is 11.1. The van der Waals surface area contributed by atoms with Gasteiger partial charge in [-0.2, -0.15) is 0 Å². The van der Waals surface area contributed by atoms with Crippen LogP contribution in [0.25, 0.3) is 22.0 Å². The molecular formula is C27H31N3O3S2. The number of methoxy groups -OCH3 is 1. The molecule has 4 rings (SSSR count). The van der Waals surface area contributed by atoms with Gasteiger partial charge in [-0.1, -0.05) is 38.0 Å². The highest BCUT2D eigenvalue weighted by Crippen LogP contribution is 2.29. The summed E-state index contributed by atoms with van der Waals surface area (Å²) in [5.74, 6) is 1.55. The van der Waals surface area contributed by atoms with E-state index >= 15 is 0 Å². The standard InChI is InChI=1S/C27H31N3O3S2/c1-3-4-5-7-20-9-15-23(16-10-20)35(31,32)28-18-17-24-26(21-11-13-22(33-2)14-12-21)30-27(29-24)25-8-6-19-34-25/h6,8-16,19,28H,3-5,7,17-18H2,1-2H3,(H,29,30). The van der Waals surface area contributed by atoms with Crippen molar-refractivity contribution < 1.29 is 13.2 Å². The molecule has 0 saturated carbocycles. The molecule has 6 nitrogen and oxygen atoms in total. The topological polar surface area (TPSA) is 84.1 Å². The molecule has 0 saturated heterocycles. The fourth-order valence-electron chi connectivity index (χ4n) is 3.92. The average Bonchev–Trinajstić information content (AvgIpc) is 3.55. The van der Waals surface area contributed by atoms with Crippen LogP contribution < -0.4 is 9.46 Å². The van der Waals surface area contributed by atoms with E-state index in [1.165, 1.54) is 18.4 Å². The van der Waals surface area contributed by atoms with Crippen molar-refractivity contribution in [1.29, 1.82) is 0 Å². The van der Waals surface area contributed by atoms with E-state index in [1.54, 1.807) is 30.6 Å². The summed E-state index contributed by atoms with van der Waals surface area (Å²) in [6.07, 6.45) is 4.93. The number of aromatic nitrogens is 2. The molecule has 0 fully saturated rings. The minimum absolute atomic E-state index is 0.260. The molecule has 2 aromatic heterocycles. The van der Waals surface area contributed by atoms with Gasteiger partial charge < -0.3 is 9.72 Å². The lowest BCUT2D eigenvalue weighted by atomic mass is 10.1.